The molecule has 0 fully saturated rings. The van der Waals surface area contributed by atoms with Crippen LogP contribution in [-0.2, 0) is 9.59 Å². The summed E-state index contributed by atoms with van der Waals surface area (Å²) in [4.78, 5) is 24.6. The van der Waals surface area contributed by atoms with Gasteiger partial charge < -0.3 is 10.0 Å². The average molecular weight is 278 g/mol. The van der Waals surface area contributed by atoms with E-state index >= 15 is 0 Å². The van der Waals surface area contributed by atoms with E-state index in [1.165, 1.54) is 4.90 Å². The summed E-state index contributed by atoms with van der Waals surface area (Å²) in [5, 5.41) is 11.9. The summed E-state index contributed by atoms with van der Waals surface area (Å²) in [6.07, 6.45) is 0.498. The highest BCUT2D eigenvalue weighted by Gasteiger charge is 2.20. The molecule has 5 heteroatoms. The highest BCUT2D eigenvalue weighted by molar-refractivity contribution is 5.94. The molecule has 20 heavy (non-hydrogen) atoms. The van der Waals surface area contributed by atoms with Crippen molar-refractivity contribution >= 4 is 17.6 Å². The van der Waals surface area contributed by atoms with Gasteiger partial charge in [0.25, 0.3) is 0 Å². The first-order valence-corrected chi connectivity index (χ1v) is 6.69. The third kappa shape index (κ3) is 5.01. The summed E-state index contributed by atoms with van der Waals surface area (Å²) in [6.45, 7) is 3.92. The van der Waals surface area contributed by atoms with Gasteiger partial charge in [0.05, 0.1) is 6.54 Å². The maximum absolute atomic E-state index is 12.0. The number of carbonyl (C=O) groups excluding carboxylic acids is 1. The standard InChI is InChI=1S/C15H22N2O3/c1-11(2)9-13(15(19)20)16-10-14(18)17(3)12-7-5-4-6-8-12/h4-8,11,13,16H,9-10H2,1-3H3,(H,19,20). The van der Waals surface area contributed by atoms with Gasteiger partial charge in [0, 0.05) is 12.7 Å². The lowest BCUT2D eigenvalue weighted by molar-refractivity contribution is -0.140. The van der Waals surface area contributed by atoms with Gasteiger partial charge in [-0.3, -0.25) is 14.9 Å². The van der Waals surface area contributed by atoms with Crippen LogP contribution in [0, 0.1) is 5.92 Å². The summed E-state index contributed by atoms with van der Waals surface area (Å²) < 4.78 is 0. The van der Waals surface area contributed by atoms with Gasteiger partial charge in [0.15, 0.2) is 0 Å². The number of nitrogens with one attached hydrogen (secondary N) is 1. The maximum Gasteiger partial charge on any atom is 0.320 e. The normalized spacial score (nSPS) is 12.2. The van der Waals surface area contributed by atoms with Gasteiger partial charge in [-0.15, -0.1) is 0 Å². The van der Waals surface area contributed by atoms with Crippen LogP contribution >= 0.6 is 0 Å². The second kappa shape index (κ2) is 7.65. The topological polar surface area (TPSA) is 69.6 Å². The zero-order valence-electron chi connectivity index (χ0n) is 12.2. The molecule has 1 aromatic carbocycles. The number of amides is 1. The maximum atomic E-state index is 12.0. The fourth-order valence-electron chi connectivity index (χ4n) is 1.87. The number of carboxylic acid groups (broad SMARTS) is 1. The molecule has 1 aromatic rings. The Morgan fingerprint density at radius 2 is 1.85 bits per heavy atom. The Hall–Kier alpha value is -1.88. The van der Waals surface area contributed by atoms with E-state index in [0.717, 1.165) is 5.69 Å². The van der Waals surface area contributed by atoms with E-state index < -0.39 is 12.0 Å². The molecule has 2 N–H and O–H groups in total. The van der Waals surface area contributed by atoms with Crippen molar-refractivity contribution in [3.63, 3.8) is 0 Å². The third-order valence-electron chi connectivity index (χ3n) is 3.02. The van der Waals surface area contributed by atoms with Crippen molar-refractivity contribution in [2.45, 2.75) is 26.3 Å². The van der Waals surface area contributed by atoms with Gasteiger partial charge in [0.1, 0.15) is 6.04 Å². The molecule has 0 spiro atoms. The average Bonchev–Trinajstić information content (AvgIpc) is 2.42. The zero-order chi connectivity index (χ0) is 15.1. The van der Waals surface area contributed by atoms with Crippen LogP contribution in [-0.4, -0.2) is 36.6 Å². The Bertz CT molecular complexity index is 446. The Morgan fingerprint density at radius 3 is 2.35 bits per heavy atom. The Morgan fingerprint density at radius 1 is 1.25 bits per heavy atom. The molecule has 0 aliphatic carbocycles. The minimum Gasteiger partial charge on any atom is -0.480 e. The lowest BCUT2D eigenvalue weighted by atomic mass is 10.0. The second-order valence-corrected chi connectivity index (χ2v) is 5.19. The van der Waals surface area contributed by atoms with Crippen LogP contribution in [0.4, 0.5) is 5.69 Å². The van der Waals surface area contributed by atoms with E-state index in [-0.39, 0.29) is 18.4 Å². The van der Waals surface area contributed by atoms with Gasteiger partial charge in [-0.05, 0) is 24.5 Å². The molecular weight excluding hydrogens is 256 g/mol. The Kier molecular flexibility index (Phi) is 6.18. The molecule has 1 rings (SSSR count). The highest BCUT2D eigenvalue weighted by atomic mass is 16.4. The van der Waals surface area contributed by atoms with Crippen LogP contribution in [0.1, 0.15) is 20.3 Å². The molecule has 110 valence electrons. The van der Waals surface area contributed by atoms with Crippen LogP contribution in [0.25, 0.3) is 0 Å². The van der Waals surface area contributed by atoms with Crippen molar-refractivity contribution in [1.82, 2.24) is 5.32 Å². The number of carbonyl (C=O) groups is 2. The van der Waals surface area contributed by atoms with E-state index in [0.29, 0.717) is 6.42 Å². The fraction of sp³-hybridized carbons (Fsp3) is 0.467. The smallest absolute Gasteiger partial charge is 0.320 e. The predicted octanol–water partition coefficient (Wildman–Crippen LogP) is 1.74. The molecule has 0 bridgehead atoms. The first-order chi connectivity index (χ1) is 9.41. The number of anilines is 1. The fourth-order valence-corrected chi connectivity index (χ4v) is 1.87. The Labute approximate surface area is 119 Å². The third-order valence-corrected chi connectivity index (χ3v) is 3.02. The monoisotopic (exact) mass is 278 g/mol. The van der Waals surface area contributed by atoms with Crippen LogP contribution in [0.3, 0.4) is 0 Å². The predicted molar refractivity (Wildman–Crippen MR) is 78.7 cm³/mol. The van der Waals surface area contributed by atoms with Gasteiger partial charge >= 0.3 is 5.97 Å². The van der Waals surface area contributed by atoms with Crippen LogP contribution in [0.2, 0.25) is 0 Å². The number of aliphatic carboxylic acids is 1. The van der Waals surface area contributed by atoms with Gasteiger partial charge in [-0.1, -0.05) is 32.0 Å². The number of rotatable bonds is 7. The summed E-state index contributed by atoms with van der Waals surface area (Å²) in [6, 6.07) is 8.56. The van der Waals surface area contributed by atoms with E-state index in [1.54, 1.807) is 7.05 Å². The number of carboxylic acids is 1. The van der Waals surface area contributed by atoms with Gasteiger partial charge in [-0.2, -0.15) is 0 Å². The van der Waals surface area contributed by atoms with Crippen molar-refractivity contribution in [1.29, 1.82) is 0 Å². The molecule has 1 amide bonds. The quantitative estimate of drug-likeness (QED) is 0.797. The van der Waals surface area contributed by atoms with Gasteiger partial charge in [0.2, 0.25) is 5.91 Å². The number of benzene rings is 1. The number of likely N-dealkylation sites (N-methyl/N-ethyl adjacent to an activating group) is 1. The minimum atomic E-state index is -0.922. The van der Waals surface area contributed by atoms with Crippen molar-refractivity contribution in [3.05, 3.63) is 30.3 Å². The van der Waals surface area contributed by atoms with Crippen molar-refractivity contribution in [2.75, 3.05) is 18.5 Å². The summed E-state index contributed by atoms with van der Waals surface area (Å²) in [7, 11) is 1.68. The molecule has 0 aliphatic rings. The number of nitrogens with zero attached hydrogens (tertiary/aromatic N) is 1. The molecule has 0 aliphatic heterocycles. The van der Waals surface area contributed by atoms with Crippen molar-refractivity contribution < 1.29 is 14.7 Å². The second-order valence-electron chi connectivity index (χ2n) is 5.19. The van der Waals surface area contributed by atoms with E-state index in [9.17, 15) is 9.59 Å². The summed E-state index contributed by atoms with van der Waals surface area (Å²) >= 11 is 0. The lowest BCUT2D eigenvalue weighted by Crippen LogP contribution is -2.44. The largest absolute Gasteiger partial charge is 0.480 e. The minimum absolute atomic E-state index is 0.00901. The molecule has 0 heterocycles. The van der Waals surface area contributed by atoms with Crippen LogP contribution in [0.15, 0.2) is 30.3 Å². The zero-order valence-corrected chi connectivity index (χ0v) is 12.2. The molecule has 5 nitrogen and oxygen atoms in total. The summed E-state index contributed by atoms with van der Waals surface area (Å²) in [5.74, 6) is -0.828. The lowest BCUT2D eigenvalue weighted by Gasteiger charge is -2.20. The molecular formula is C15H22N2O3. The van der Waals surface area contributed by atoms with Crippen molar-refractivity contribution in [2.24, 2.45) is 5.92 Å². The van der Waals surface area contributed by atoms with E-state index in [1.807, 2.05) is 44.2 Å². The highest BCUT2D eigenvalue weighted by Crippen LogP contribution is 2.11. The molecule has 0 saturated carbocycles. The molecule has 0 aromatic heterocycles. The van der Waals surface area contributed by atoms with Gasteiger partial charge in [-0.25, -0.2) is 0 Å². The Balaban J connectivity index is 2.55. The SMILES string of the molecule is CC(C)CC(NCC(=O)N(C)c1ccccc1)C(=O)O. The number of hydrogen-bond acceptors (Lipinski definition) is 3. The molecule has 0 saturated heterocycles. The first-order valence-electron chi connectivity index (χ1n) is 6.69. The first kappa shape index (κ1) is 16.2. The number of para-hydroxylation sites is 1. The van der Waals surface area contributed by atoms with E-state index in [2.05, 4.69) is 5.32 Å². The molecule has 1 atom stereocenters. The molecule has 1 unspecified atom stereocenters. The summed E-state index contributed by atoms with van der Waals surface area (Å²) in [5.41, 5.74) is 0.787. The van der Waals surface area contributed by atoms with E-state index in [4.69, 9.17) is 5.11 Å². The van der Waals surface area contributed by atoms with Crippen molar-refractivity contribution in [3.8, 4) is 0 Å². The number of hydrogen-bond donors (Lipinski definition) is 2. The van der Waals surface area contributed by atoms with Crippen LogP contribution in [0.5, 0.6) is 0 Å². The van der Waals surface area contributed by atoms with Crippen LogP contribution < -0.4 is 10.2 Å². The molecule has 0 radical (unpaired) electrons.